The van der Waals surface area contributed by atoms with Crippen LogP contribution in [0.15, 0.2) is 52.1 Å². The van der Waals surface area contributed by atoms with E-state index in [1.165, 1.54) is 6.20 Å². The highest BCUT2D eigenvalue weighted by molar-refractivity contribution is 9.10. The van der Waals surface area contributed by atoms with Crippen LogP contribution in [0.1, 0.15) is 12.5 Å². The molecule has 0 radical (unpaired) electrons. The Labute approximate surface area is 133 Å². The quantitative estimate of drug-likeness (QED) is 0.820. The number of nitrogens with zero attached hydrogens (tertiary/aromatic N) is 1. The second-order valence-corrected chi connectivity index (χ2v) is 6.94. The molecule has 0 amide bonds. The topological polar surface area (TPSA) is 71.1 Å². The Hall–Kier alpha value is -1.44. The van der Waals surface area contributed by atoms with E-state index in [4.69, 9.17) is 0 Å². The van der Waals surface area contributed by atoms with Gasteiger partial charge in [0.2, 0.25) is 0 Å². The molecule has 5 nitrogen and oxygen atoms in total. The molecule has 0 aliphatic heterocycles. The van der Waals surface area contributed by atoms with Gasteiger partial charge in [-0.25, -0.2) is 18.1 Å². The number of sulfonamides is 1. The Balaban J connectivity index is 2.17. The molecule has 21 heavy (non-hydrogen) atoms. The van der Waals surface area contributed by atoms with Crippen molar-refractivity contribution in [3.63, 3.8) is 0 Å². The first-order valence-electron chi connectivity index (χ1n) is 6.46. The summed E-state index contributed by atoms with van der Waals surface area (Å²) in [6.45, 7) is 2.75. The zero-order chi connectivity index (χ0) is 15.3. The molecule has 2 N–H and O–H groups in total. The SMILES string of the molecule is CCNc1cccnc1S(=O)(=O)NCc1ccc(Br)cc1. The van der Waals surface area contributed by atoms with Crippen LogP contribution in [0.3, 0.4) is 0 Å². The zero-order valence-electron chi connectivity index (χ0n) is 11.5. The molecule has 0 saturated heterocycles. The van der Waals surface area contributed by atoms with E-state index in [2.05, 4.69) is 31.0 Å². The second kappa shape index (κ2) is 7.02. The summed E-state index contributed by atoms with van der Waals surface area (Å²) < 4.78 is 28.2. The minimum atomic E-state index is -3.66. The molecule has 0 atom stereocenters. The van der Waals surface area contributed by atoms with Crippen LogP contribution < -0.4 is 10.0 Å². The van der Waals surface area contributed by atoms with Crippen LogP contribution in [0, 0.1) is 0 Å². The molecule has 0 fully saturated rings. The Morgan fingerprint density at radius 1 is 1.19 bits per heavy atom. The molecular formula is C14H16BrN3O2S. The first-order valence-corrected chi connectivity index (χ1v) is 8.73. The third-order valence-corrected chi connectivity index (χ3v) is 4.66. The van der Waals surface area contributed by atoms with Gasteiger partial charge in [0.25, 0.3) is 10.0 Å². The summed E-state index contributed by atoms with van der Waals surface area (Å²) in [6.07, 6.45) is 1.47. The summed E-state index contributed by atoms with van der Waals surface area (Å²) >= 11 is 3.34. The lowest BCUT2D eigenvalue weighted by Gasteiger charge is -2.11. The Bertz CT molecular complexity index is 702. The van der Waals surface area contributed by atoms with E-state index in [1.54, 1.807) is 12.1 Å². The van der Waals surface area contributed by atoms with E-state index in [1.807, 2.05) is 31.2 Å². The van der Waals surface area contributed by atoms with Gasteiger partial charge in [-0.3, -0.25) is 0 Å². The van der Waals surface area contributed by atoms with Gasteiger partial charge in [-0.05, 0) is 36.8 Å². The van der Waals surface area contributed by atoms with Crippen LogP contribution >= 0.6 is 15.9 Å². The fourth-order valence-corrected chi connectivity index (χ4v) is 3.17. The summed E-state index contributed by atoms with van der Waals surface area (Å²) in [5.74, 6) is 0. The minimum absolute atomic E-state index is 0.0176. The number of hydrogen-bond donors (Lipinski definition) is 2. The van der Waals surface area contributed by atoms with Crippen molar-refractivity contribution in [1.29, 1.82) is 0 Å². The van der Waals surface area contributed by atoms with E-state index in [9.17, 15) is 8.42 Å². The maximum absolute atomic E-state index is 12.3. The normalized spacial score (nSPS) is 11.3. The first-order chi connectivity index (χ1) is 10.0. The summed E-state index contributed by atoms with van der Waals surface area (Å²) in [4.78, 5) is 3.97. The third-order valence-electron chi connectivity index (χ3n) is 2.77. The molecule has 112 valence electrons. The average Bonchev–Trinajstić information content (AvgIpc) is 2.47. The number of rotatable bonds is 6. The molecule has 1 heterocycles. The van der Waals surface area contributed by atoms with E-state index >= 15 is 0 Å². The molecule has 1 aromatic heterocycles. The average molecular weight is 370 g/mol. The predicted octanol–water partition coefficient (Wildman–Crippen LogP) is 2.75. The first kappa shape index (κ1) is 15.9. The number of nitrogens with one attached hydrogen (secondary N) is 2. The smallest absolute Gasteiger partial charge is 0.260 e. The van der Waals surface area contributed by atoms with Gasteiger partial charge in [0, 0.05) is 23.8 Å². The highest BCUT2D eigenvalue weighted by atomic mass is 79.9. The molecule has 0 bridgehead atoms. The highest BCUT2D eigenvalue weighted by Crippen LogP contribution is 2.18. The Morgan fingerprint density at radius 3 is 2.57 bits per heavy atom. The van der Waals surface area contributed by atoms with E-state index in [0.717, 1.165) is 10.0 Å². The molecule has 1 aromatic carbocycles. The van der Waals surface area contributed by atoms with Gasteiger partial charge in [0.1, 0.15) is 0 Å². The zero-order valence-corrected chi connectivity index (χ0v) is 13.9. The highest BCUT2D eigenvalue weighted by Gasteiger charge is 2.19. The maximum Gasteiger partial charge on any atom is 0.260 e. The van der Waals surface area contributed by atoms with Gasteiger partial charge < -0.3 is 5.32 Å². The number of anilines is 1. The van der Waals surface area contributed by atoms with E-state index < -0.39 is 10.0 Å². The number of aromatic nitrogens is 1. The van der Waals surface area contributed by atoms with Gasteiger partial charge in [0.05, 0.1) is 5.69 Å². The van der Waals surface area contributed by atoms with Crippen molar-refractivity contribution < 1.29 is 8.42 Å². The fraction of sp³-hybridized carbons (Fsp3) is 0.214. The van der Waals surface area contributed by atoms with Crippen molar-refractivity contribution in [2.75, 3.05) is 11.9 Å². The van der Waals surface area contributed by atoms with Crippen molar-refractivity contribution >= 4 is 31.6 Å². The number of benzene rings is 1. The number of halogens is 1. The predicted molar refractivity (Wildman–Crippen MR) is 86.6 cm³/mol. The van der Waals surface area contributed by atoms with Crippen molar-refractivity contribution in [3.8, 4) is 0 Å². The largest absolute Gasteiger partial charge is 0.383 e. The molecular weight excluding hydrogens is 354 g/mol. The lowest BCUT2D eigenvalue weighted by atomic mass is 10.2. The van der Waals surface area contributed by atoms with Crippen molar-refractivity contribution in [1.82, 2.24) is 9.71 Å². The van der Waals surface area contributed by atoms with Gasteiger partial charge in [0.15, 0.2) is 5.03 Å². The molecule has 2 aromatic rings. The van der Waals surface area contributed by atoms with Crippen LogP contribution in [-0.4, -0.2) is 19.9 Å². The van der Waals surface area contributed by atoms with Gasteiger partial charge in [-0.15, -0.1) is 0 Å². The van der Waals surface area contributed by atoms with Crippen LogP contribution in [0.25, 0.3) is 0 Å². The lowest BCUT2D eigenvalue weighted by Crippen LogP contribution is -2.25. The summed E-state index contributed by atoms with van der Waals surface area (Å²) in [5.41, 5.74) is 1.38. The Kier molecular flexibility index (Phi) is 5.33. The van der Waals surface area contributed by atoms with Gasteiger partial charge >= 0.3 is 0 Å². The van der Waals surface area contributed by atoms with E-state index in [-0.39, 0.29) is 11.6 Å². The maximum atomic E-state index is 12.3. The molecule has 0 saturated carbocycles. The van der Waals surface area contributed by atoms with Crippen LogP contribution in [-0.2, 0) is 16.6 Å². The van der Waals surface area contributed by atoms with Gasteiger partial charge in [-0.1, -0.05) is 28.1 Å². The van der Waals surface area contributed by atoms with Crippen molar-refractivity contribution in [2.45, 2.75) is 18.5 Å². The summed E-state index contributed by atoms with van der Waals surface area (Å²) in [5, 5.41) is 3.02. The van der Waals surface area contributed by atoms with Crippen LogP contribution in [0.2, 0.25) is 0 Å². The molecule has 7 heteroatoms. The second-order valence-electron chi connectivity index (χ2n) is 4.34. The van der Waals surface area contributed by atoms with Crippen molar-refractivity contribution in [3.05, 3.63) is 52.6 Å². The Morgan fingerprint density at radius 2 is 1.90 bits per heavy atom. The van der Waals surface area contributed by atoms with Crippen molar-refractivity contribution in [2.24, 2.45) is 0 Å². The summed E-state index contributed by atoms with van der Waals surface area (Å²) in [7, 11) is -3.66. The fourth-order valence-electron chi connectivity index (χ4n) is 1.78. The minimum Gasteiger partial charge on any atom is -0.383 e. The standard InChI is InChI=1S/C14H16BrN3O2S/c1-2-16-13-4-3-9-17-14(13)21(19,20)18-10-11-5-7-12(15)8-6-11/h3-9,16,18H,2,10H2,1H3. The molecule has 0 aliphatic carbocycles. The molecule has 0 aliphatic rings. The summed E-state index contributed by atoms with van der Waals surface area (Å²) in [6, 6.07) is 10.9. The van der Waals surface area contributed by atoms with Crippen LogP contribution in [0.4, 0.5) is 5.69 Å². The monoisotopic (exact) mass is 369 g/mol. The molecule has 2 rings (SSSR count). The lowest BCUT2D eigenvalue weighted by molar-refractivity contribution is 0.578. The molecule has 0 unspecified atom stereocenters. The third kappa shape index (κ3) is 4.26. The number of pyridine rings is 1. The van der Waals surface area contributed by atoms with Crippen LogP contribution in [0.5, 0.6) is 0 Å². The molecule has 0 spiro atoms. The van der Waals surface area contributed by atoms with E-state index in [0.29, 0.717) is 12.2 Å². The van der Waals surface area contributed by atoms with Gasteiger partial charge in [-0.2, -0.15) is 0 Å². The number of hydrogen-bond acceptors (Lipinski definition) is 4.